The maximum atomic E-state index is 11.8. The van der Waals surface area contributed by atoms with Crippen LogP contribution in [0, 0.1) is 6.92 Å². The van der Waals surface area contributed by atoms with Crippen molar-refractivity contribution in [3.63, 3.8) is 0 Å². The standard InChI is InChI=1S/C11H11N3O3S2/c1-6-9(10(16)14-17-5-8(12)15)19-11(13-6)7-3-2-4-18-7/h2-4H,5H2,1H3,(H2,12,15)(H,14,16). The van der Waals surface area contributed by atoms with E-state index < -0.39 is 11.8 Å². The molecule has 8 heteroatoms. The number of nitrogens with one attached hydrogen (secondary N) is 1. The van der Waals surface area contributed by atoms with Gasteiger partial charge in [0.25, 0.3) is 5.91 Å². The molecule has 0 spiro atoms. The van der Waals surface area contributed by atoms with Gasteiger partial charge in [-0.25, -0.2) is 10.5 Å². The van der Waals surface area contributed by atoms with Crippen LogP contribution in [0.1, 0.15) is 15.4 Å². The number of carbonyl (C=O) groups excluding carboxylic acids is 2. The Bertz CT molecular complexity index is 592. The molecule has 2 rings (SSSR count). The van der Waals surface area contributed by atoms with Crippen LogP contribution in [-0.4, -0.2) is 23.4 Å². The first-order chi connectivity index (χ1) is 9.08. The summed E-state index contributed by atoms with van der Waals surface area (Å²) in [5.41, 5.74) is 7.67. The zero-order chi connectivity index (χ0) is 13.8. The lowest BCUT2D eigenvalue weighted by molar-refractivity contribution is -0.124. The predicted molar refractivity (Wildman–Crippen MR) is 72.8 cm³/mol. The van der Waals surface area contributed by atoms with Crippen LogP contribution >= 0.6 is 22.7 Å². The average molecular weight is 297 g/mol. The highest BCUT2D eigenvalue weighted by Gasteiger charge is 2.16. The summed E-state index contributed by atoms with van der Waals surface area (Å²) in [7, 11) is 0. The van der Waals surface area contributed by atoms with E-state index in [9.17, 15) is 9.59 Å². The molecule has 0 aromatic carbocycles. The van der Waals surface area contributed by atoms with Crippen LogP contribution in [-0.2, 0) is 9.63 Å². The van der Waals surface area contributed by atoms with E-state index in [1.807, 2.05) is 17.5 Å². The Labute approximate surface area is 117 Å². The first-order valence-corrected chi connectivity index (χ1v) is 6.99. The van der Waals surface area contributed by atoms with Crippen molar-refractivity contribution in [2.24, 2.45) is 5.73 Å². The summed E-state index contributed by atoms with van der Waals surface area (Å²) in [5, 5.41) is 2.73. The van der Waals surface area contributed by atoms with E-state index in [-0.39, 0.29) is 6.61 Å². The fourth-order valence-electron chi connectivity index (χ4n) is 1.33. The molecule has 2 heterocycles. The molecule has 2 aromatic rings. The van der Waals surface area contributed by atoms with Crippen molar-refractivity contribution in [1.29, 1.82) is 0 Å². The van der Waals surface area contributed by atoms with Crippen molar-refractivity contribution in [2.45, 2.75) is 6.92 Å². The third kappa shape index (κ3) is 3.37. The van der Waals surface area contributed by atoms with E-state index in [0.29, 0.717) is 10.6 Å². The summed E-state index contributed by atoms with van der Waals surface area (Å²) in [6, 6.07) is 3.86. The van der Waals surface area contributed by atoms with Crippen molar-refractivity contribution < 1.29 is 14.4 Å². The van der Waals surface area contributed by atoms with Crippen molar-refractivity contribution in [3.05, 3.63) is 28.1 Å². The molecule has 0 saturated carbocycles. The van der Waals surface area contributed by atoms with Gasteiger partial charge in [-0.3, -0.25) is 14.4 Å². The number of primary amides is 1. The third-order valence-electron chi connectivity index (χ3n) is 2.11. The van der Waals surface area contributed by atoms with Crippen LogP contribution < -0.4 is 11.2 Å². The predicted octanol–water partition coefficient (Wildman–Crippen LogP) is 1.33. The number of rotatable bonds is 5. The van der Waals surface area contributed by atoms with Crippen LogP contribution in [0.15, 0.2) is 17.5 Å². The molecule has 0 fully saturated rings. The minimum absolute atomic E-state index is 0.360. The fourth-order valence-corrected chi connectivity index (χ4v) is 3.08. The zero-order valence-corrected chi connectivity index (χ0v) is 11.6. The highest BCUT2D eigenvalue weighted by molar-refractivity contribution is 7.22. The second kappa shape index (κ2) is 5.91. The minimum Gasteiger partial charge on any atom is -0.368 e. The summed E-state index contributed by atoms with van der Waals surface area (Å²) in [5.74, 6) is -1.08. The monoisotopic (exact) mass is 297 g/mol. The first-order valence-electron chi connectivity index (χ1n) is 5.29. The van der Waals surface area contributed by atoms with E-state index >= 15 is 0 Å². The van der Waals surface area contributed by atoms with Crippen LogP contribution in [0.25, 0.3) is 9.88 Å². The van der Waals surface area contributed by atoms with Gasteiger partial charge in [0.1, 0.15) is 9.88 Å². The van der Waals surface area contributed by atoms with Gasteiger partial charge < -0.3 is 5.73 Å². The summed E-state index contributed by atoms with van der Waals surface area (Å²) in [6.45, 7) is 1.39. The van der Waals surface area contributed by atoms with Gasteiger partial charge in [-0.05, 0) is 18.4 Å². The quantitative estimate of drug-likeness (QED) is 0.814. The van der Waals surface area contributed by atoms with Gasteiger partial charge in [0, 0.05) is 0 Å². The lowest BCUT2D eigenvalue weighted by Gasteiger charge is -2.01. The number of nitrogens with zero attached hydrogens (tertiary/aromatic N) is 1. The van der Waals surface area contributed by atoms with Gasteiger partial charge in [-0.1, -0.05) is 6.07 Å². The number of amides is 2. The molecule has 2 amide bonds. The van der Waals surface area contributed by atoms with Crippen molar-refractivity contribution in [3.8, 4) is 9.88 Å². The second-order valence-corrected chi connectivity index (χ2v) is 5.54. The lowest BCUT2D eigenvalue weighted by Crippen LogP contribution is -2.29. The van der Waals surface area contributed by atoms with E-state index in [2.05, 4.69) is 15.3 Å². The highest BCUT2D eigenvalue weighted by atomic mass is 32.1. The molecule has 100 valence electrons. The van der Waals surface area contributed by atoms with E-state index in [1.165, 1.54) is 11.3 Å². The van der Waals surface area contributed by atoms with E-state index in [0.717, 1.165) is 9.88 Å². The topological polar surface area (TPSA) is 94.3 Å². The van der Waals surface area contributed by atoms with Gasteiger partial charge in [0.05, 0.1) is 10.6 Å². The number of hydrogen-bond acceptors (Lipinski definition) is 6. The Balaban J connectivity index is 2.08. The third-order valence-corrected chi connectivity index (χ3v) is 4.31. The van der Waals surface area contributed by atoms with Crippen LogP contribution in [0.2, 0.25) is 0 Å². The molecular weight excluding hydrogens is 286 g/mol. The molecular formula is C11H11N3O3S2. The molecule has 0 aliphatic heterocycles. The van der Waals surface area contributed by atoms with Gasteiger partial charge in [0.2, 0.25) is 5.91 Å². The number of hydrogen-bond donors (Lipinski definition) is 2. The maximum Gasteiger partial charge on any atom is 0.286 e. The van der Waals surface area contributed by atoms with Crippen LogP contribution in [0.3, 0.4) is 0 Å². The number of aromatic nitrogens is 1. The first kappa shape index (κ1) is 13.7. The van der Waals surface area contributed by atoms with E-state index in [4.69, 9.17) is 5.73 Å². The Morgan fingerprint density at radius 1 is 1.53 bits per heavy atom. The Kier molecular flexibility index (Phi) is 4.25. The second-order valence-electron chi connectivity index (χ2n) is 3.60. The number of hydroxylamine groups is 1. The Morgan fingerprint density at radius 3 is 2.95 bits per heavy atom. The maximum absolute atomic E-state index is 11.8. The summed E-state index contributed by atoms with van der Waals surface area (Å²) >= 11 is 2.83. The highest BCUT2D eigenvalue weighted by Crippen LogP contribution is 2.30. The van der Waals surface area contributed by atoms with Gasteiger partial charge in [-0.15, -0.1) is 22.7 Å². The number of carbonyl (C=O) groups is 2. The molecule has 0 bridgehead atoms. The van der Waals surface area contributed by atoms with E-state index in [1.54, 1.807) is 18.3 Å². The largest absolute Gasteiger partial charge is 0.368 e. The molecule has 3 N–H and O–H groups in total. The molecule has 6 nitrogen and oxygen atoms in total. The smallest absolute Gasteiger partial charge is 0.286 e. The van der Waals surface area contributed by atoms with Crippen molar-refractivity contribution >= 4 is 34.5 Å². The minimum atomic E-state index is -0.652. The molecule has 0 aliphatic rings. The number of nitrogens with two attached hydrogens (primary N) is 1. The number of thiazole rings is 1. The van der Waals surface area contributed by atoms with Crippen molar-refractivity contribution in [1.82, 2.24) is 10.5 Å². The zero-order valence-electron chi connectivity index (χ0n) is 10.0. The molecule has 2 aromatic heterocycles. The SMILES string of the molecule is Cc1nc(-c2cccs2)sc1C(=O)NOCC(N)=O. The average Bonchev–Trinajstić information content (AvgIpc) is 2.96. The Hall–Kier alpha value is -1.77. The summed E-state index contributed by atoms with van der Waals surface area (Å²) < 4.78 is 0. The summed E-state index contributed by atoms with van der Waals surface area (Å²) in [6.07, 6.45) is 0. The molecule has 0 saturated heterocycles. The van der Waals surface area contributed by atoms with Crippen LogP contribution in [0.4, 0.5) is 0 Å². The lowest BCUT2D eigenvalue weighted by atomic mass is 10.4. The normalized spacial score (nSPS) is 10.4. The number of aryl methyl sites for hydroxylation is 1. The van der Waals surface area contributed by atoms with Gasteiger partial charge in [-0.2, -0.15) is 0 Å². The molecule has 0 radical (unpaired) electrons. The van der Waals surface area contributed by atoms with Crippen molar-refractivity contribution in [2.75, 3.05) is 6.61 Å². The fraction of sp³-hybridized carbons (Fsp3) is 0.182. The van der Waals surface area contributed by atoms with Crippen LogP contribution in [0.5, 0.6) is 0 Å². The Morgan fingerprint density at radius 2 is 2.32 bits per heavy atom. The summed E-state index contributed by atoms with van der Waals surface area (Å²) in [4.78, 5) is 32.8. The number of thiophene rings is 1. The van der Waals surface area contributed by atoms with Gasteiger partial charge in [0.15, 0.2) is 6.61 Å². The molecule has 19 heavy (non-hydrogen) atoms. The molecule has 0 atom stereocenters. The van der Waals surface area contributed by atoms with Gasteiger partial charge >= 0.3 is 0 Å². The molecule has 0 aliphatic carbocycles. The molecule has 0 unspecified atom stereocenters.